The standard InChI is InChI=1S/C23H32N2O2/c1-3-21(4-2)24-22(27)18-25(16-11-17-26)23(19-12-7-5-8-13-19)20-14-9-6-10-15-20/h5-10,12-15,21,23,26H,3-4,11,16-18H2,1-2H3,(H,24,27). The lowest BCUT2D eigenvalue weighted by molar-refractivity contribution is -0.123. The molecular weight excluding hydrogens is 336 g/mol. The number of hydrogen-bond donors (Lipinski definition) is 2. The van der Waals surface area contributed by atoms with Gasteiger partial charge in [-0.15, -0.1) is 0 Å². The summed E-state index contributed by atoms with van der Waals surface area (Å²) in [5.74, 6) is 0.0403. The third-order valence-corrected chi connectivity index (χ3v) is 4.90. The van der Waals surface area contributed by atoms with Crippen LogP contribution >= 0.6 is 0 Å². The van der Waals surface area contributed by atoms with Crippen LogP contribution in [0.2, 0.25) is 0 Å². The Balaban J connectivity index is 2.29. The monoisotopic (exact) mass is 368 g/mol. The molecule has 0 radical (unpaired) electrons. The third kappa shape index (κ3) is 6.49. The van der Waals surface area contributed by atoms with E-state index < -0.39 is 0 Å². The quantitative estimate of drug-likeness (QED) is 0.635. The molecule has 2 N–H and O–H groups in total. The Hall–Kier alpha value is -2.17. The molecule has 0 heterocycles. The van der Waals surface area contributed by atoms with E-state index in [0.29, 0.717) is 19.5 Å². The van der Waals surface area contributed by atoms with Crippen LogP contribution in [0.4, 0.5) is 0 Å². The zero-order valence-electron chi connectivity index (χ0n) is 16.5. The van der Waals surface area contributed by atoms with Crippen molar-refractivity contribution in [2.75, 3.05) is 19.7 Å². The van der Waals surface area contributed by atoms with Crippen LogP contribution < -0.4 is 5.32 Å². The summed E-state index contributed by atoms with van der Waals surface area (Å²) >= 11 is 0. The average molecular weight is 369 g/mol. The summed E-state index contributed by atoms with van der Waals surface area (Å²) in [5, 5.41) is 12.5. The first kappa shape index (κ1) is 21.1. The van der Waals surface area contributed by atoms with Gasteiger partial charge in [0.2, 0.25) is 5.91 Å². The first-order valence-corrected chi connectivity index (χ1v) is 9.93. The number of aliphatic hydroxyl groups is 1. The van der Waals surface area contributed by atoms with Crippen molar-refractivity contribution in [3.8, 4) is 0 Å². The molecule has 2 aromatic carbocycles. The summed E-state index contributed by atoms with van der Waals surface area (Å²) in [4.78, 5) is 14.9. The molecule has 0 unspecified atom stereocenters. The molecule has 0 saturated carbocycles. The van der Waals surface area contributed by atoms with E-state index >= 15 is 0 Å². The molecule has 0 saturated heterocycles. The molecule has 27 heavy (non-hydrogen) atoms. The molecule has 0 aromatic heterocycles. The molecule has 0 atom stereocenters. The van der Waals surface area contributed by atoms with Gasteiger partial charge in [0.05, 0.1) is 12.6 Å². The van der Waals surface area contributed by atoms with Crippen LogP contribution in [0.15, 0.2) is 60.7 Å². The van der Waals surface area contributed by atoms with Gasteiger partial charge in [0, 0.05) is 19.2 Å². The maximum absolute atomic E-state index is 12.7. The van der Waals surface area contributed by atoms with E-state index in [1.807, 2.05) is 36.4 Å². The van der Waals surface area contributed by atoms with Crippen molar-refractivity contribution in [1.29, 1.82) is 0 Å². The summed E-state index contributed by atoms with van der Waals surface area (Å²) in [6.07, 6.45) is 2.49. The van der Waals surface area contributed by atoms with Gasteiger partial charge in [0.15, 0.2) is 0 Å². The fourth-order valence-electron chi connectivity index (χ4n) is 3.41. The minimum Gasteiger partial charge on any atom is -0.396 e. The van der Waals surface area contributed by atoms with Crippen molar-refractivity contribution < 1.29 is 9.90 Å². The first-order valence-electron chi connectivity index (χ1n) is 9.93. The van der Waals surface area contributed by atoms with Gasteiger partial charge in [0.1, 0.15) is 0 Å². The number of aliphatic hydroxyl groups excluding tert-OH is 1. The Labute approximate surface area is 163 Å². The second kappa shape index (κ2) is 11.5. The number of nitrogens with one attached hydrogen (secondary N) is 1. The van der Waals surface area contributed by atoms with Gasteiger partial charge in [0.25, 0.3) is 0 Å². The normalized spacial score (nSPS) is 11.3. The minimum atomic E-state index is -0.0218. The Morgan fingerprint density at radius 3 is 1.93 bits per heavy atom. The molecule has 4 nitrogen and oxygen atoms in total. The third-order valence-electron chi connectivity index (χ3n) is 4.90. The van der Waals surface area contributed by atoms with Crippen LogP contribution in [0.5, 0.6) is 0 Å². The zero-order chi connectivity index (χ0) is 19.5. The summed E-state index contributed by atoms with van der Waals surface area (Å²) in [5.41, 5.74) is 2.30. The van der Waals surface area contributed by atoms with Gasteiger partial charge < -0.3 is 10.4 Å². The average Bonchev–Trinajstić information content (AvgIpc) is 2.72. The Bertz CT molecular complexity index is 617. The lowest BCUT2D eigenvalue weighted by atomic mass is 9.96. The molecule has 0 spiro atoms. The predicted octanol–water partition coefficient (Wildman–Crippen LogP) is 3.77. The lowest BCUT2D eigenvalue weighted by Gasteiger charge is -2.32. The number of carbonyl (C=O) groups is 1. The zero-order valence-corrected chi connectivity index (χ0v) is 16.5. The highest BCUT2D eigenvalue weighted by Crippen LogP contribution is 2.28. The fraction of sp³-hybridized carbons (Fsp3) is 0.435. The number of rotatable bonds is 11. The van der Waals surface area contributed by atoms with Gasteiger partial charge in [-0.05, 0) is 30.4 Å². The molecule has 0 fully saturated rings. The molecule has 2 aromatic rings. The Morgan fingerprint density at radius 1 is 0.963 bits per heavy atom. The van der Waals surface area contributed by atoms with Crippen LogP contribution in [-0.4, -0.2) is 41.7 Å². The summed E-state index contributed by atoms with van der Waals surface area (Å²) in [6.45, 7) is 5.26. The van der Waals surface area contributed by atoms with Crippen molar-refractivity contribution in [2.24, 2.45) is 0 Å². The number of hydrogen-bond acceptors (Lipinski definition) is 3. The molecular formula is C23H32N2O2. The minimum absolute atomic E-state index is 0.0218. The summed E-state index contributed by atoms with van der Waals surface area (Å²) in [6, 6.07) is 20.7. The van der Waals surface area contributed by atoms with E-state index in [1.54, 1.807) is 0 Å². The maximum Gasteiger partial charge on any atom is 0.234 e. The van der Waals surface area contributed by atoms with E-state index in [-0.39, 0.29) is 24.6 Å². The van der Waals surface area contributed by atoms with Crippen LogP contribution in [-0.2, 0) is 4.79 Å². The van der Waals surface area contributed by atoms with Gasteiger partial charge in [-0.25, -0.2) is 0 Å². The van der Waals surface area contributed by atoms with Crippen molar-refractivity contribution in [3.05, 3.63) is 71.8 Å². The number of amides is 1. The fourth-order valence-corrected chi connectivity index (χ4v) is 3.41. The highest BCUT2D eigenvalue weighted by molar-refractivity contribution is 5.78. The molecule has 0 aliphatic carbocycles. The molecule has 1 amide bonds. The van der Waals surface area contributed by atoms with Crippen molar-refractivity contribution in [2.45, 2.75) is 45.2 Å². The highest BCUT2D eigenvalue weighted by atomic mass is 16.3. The van der Waals surface area contributed by atoms with Gasteiger partial charge in [-0.1, -0.05) is 74.5 Å². The second-order valence-electron chi connectivity index (χ2n) is 6.85. The first-order chi connectivity index (χ1) is 13.2. The van der Waals surface area contributed by atoms with E-state index in [2.05, 4.69) is 48.3 Å². The van der Waals surface area contributed by atoms with Gasteiger partial charge in [-0.3, -0.25) is 9.69 Å². The van der Waals surface area contributed by atoms with E-state index in [0.717, 1.165) is 24.0 Å². The number of carbonyl (C=O) groups excluding carboxylic acids is 1. The topological polar surface area (TPSA) is 52.6 Å². The molecule has 0 aliphatic rings. The molecule has 0 bridgehead atoms. The number of nitrogens with zero attached hydrogens (tertiary/aromatic N) is 1. The van der Waals surface area contributed by atoms with E-state index in [4.69, 9.17) is 0 Å². The van der Waals surface area contributed by atoms with Crippen LogP contribution in [0.1, 0.15) is 50.3 Å². The van der Waals surface area contributed by atoms with Gasteiger partial charge >= 0.3 is 0 Å². The van der Waals surface area contributed by atoms with Crippen LogP contribution in [0.3, 0.4) is 0 Å². The van der Waals surface area contributed by atoms with Crippen LogP contribution in [0, 0.1) is 0 Å². The molecule has 146 valence electrons. The van der Waals surface area contributed by atoms with Crippen LogP contribution in [0.25, 0.3) is 0 Å². The second-order valence-corrected chi connectivity index (χ2v) is 6.85. The van der Waals surface area contributed by atoms with E-state index in [9.17, 15) is 9.90 Å². The van der Waals surface area contributed by atoms with Crippen molar-refractivity contribution in [1.82, 2.24) is 10.2 Å². The molecule has 4 heteroatoms. The van der Waals surface area contributed by atoms with Crippen molar-refractivity contribution in [3.63, 3.8) is 0 Å². The Morgan fingerprint density at radius 2 is 1.48 bits per heavy atom. The molecule has 0 aliphatic heterocycles. The smallest absolute Gasteiger partial charge is 0.234 e. The SMILES string of the molecule is CCC(CC)NC(=O)CN(CCCO)C(c1ccccc1)c1ccccc1. The predicted molar refractivity (Wildman–Crippen MR) is 111 cm³/mol. The summed E-state index contributed by atoms with van der Waals surface area (Å²) < 4.78 is 0. The van der Waals surface area contributed by atoms with E-state index in [1.165, 1.54) is 0 Å². The highest BCUT2D eigenvalue weighted by Gasteiger charge is 2.24. The Kier molecular flexibility index (Phi) is 9.02. The van der Waals surface area contributed by atoms with Gasteiger partial charge in [-0.2, -0.15) is 0 Å². The summed E-state index contributed by atoms with van der Waals surface area (Å²) in [7, 11) is 0. The van der Waals surface area contributed by atoms with Crippen molar-refractivity contribution >= 4 is 5.91 Å². The molecule has 2 rings (SSSR count). The number of benzene rings is 2. The lowest BCUT2D eigenvalue weighted by Crippen LogP contribution is -2.43. The maximum atomic E-state index is 12.7. The largest absolute Gasteiger partial charge is 0.396 e.